The van der Waals surface area contributed by atoms with Gasteiger partial charge in [-0.05, 0) is 34.3 Å². The normalized spacial score (nSPS) is 10.1. The maximum atomic E-state index is 10.6. The molecule has 0 unspecified atom stereocenters. The molecule has 0 saturated carbocycles. The van der Waals surface area contributed by atoms with Gasteiger partial charge in [-0.1, -0.05) is 12.1 Å². The zero-order valence-electron chi connectivity index (χ0n) is 7.37. The largest absolute Gasteiger partial charge is 0.283 e. The highest BCUT2D eigenvalue weighted by Gasteiger charge is 2.13. The second kappa shape index (κ2) is 5.32. The molecule has 0 spiro atoms. The topological polar surface area (TPSA) is 43.1 Å². The van der Waals surface area contributed by atoms with Crippen molar-refractivity contribution in [2.45, 2.75) is 12.8 Å². The minimum absolute atomic E-state index is 0.108. The van der Waals surface area contributed by atoms with Crippen molar-refractivity contribution in [2.24, 2.45) is 0 Å². The number of rotatable bonds is 4. The number of hydrogen-bond donors (Lipinski definition) is 0. The Morgan fingerprint density at radius 3 is 2.79 bits per heavy atom. The van der Waals surface area contributed by atoms with Crippen LogP contribution < -0.4 is 0 Å². The summed E-state index contributed by atoms with van der Waals surface area (Å²) >= 11 is 8.78. The van der Waals surface area contributed by atoms with Crippen molar-refractivity contribution in [2.75, 3.05) is 5.88 Å². The number of nitro groups is 1. The van der Waals surface area contributed by atoms with Gasteiger partial charge < -0.3 is 0 Å². The van der Waals surface area contributed by atoms with Crippen molar-refractivity contribution in [3.63, 3.8) is 0 Å². The fourth-order valence-electron chi connectivity index (χ4n) is 1.16. The molecule has 14 heavy (non-hydrogen) atoms. The van der Waals surface area contributed by atoms with Gasteiger partial charge in [0.15, 0.2) is 0 Å². The third kappa shape index (κ3) is 2.69. The average molecular weight is 279 g/mol. The number of nitrogens with zero attached hydrogens (tertiary/aromatic N) is 1. The molecule has 0 radical (unpaired) electrons. The molecule has 3 nitrogen and oxygen atoms in total. The van der Waals surface area contributed by atoms with Gasteiger partial charge in [-0.2, -0.15) is 0 Å². The number of nitro benzene ring substituents is 1. The van der Waals surface area contributed by atoms with Gasteiger partial charge in [0.05, 0.1) is 9.40 Å². The zero-order valence-corrected chi connectivity index (χ0v) is 9.71. The third-order valence-electron chi connectivity index (χ3n) is 1.83. The van der Waals surface area contributed by atoms with Gasteiger partial charge in [0.1, 0.15) is 0 Å². The molecule has 0 bridgehead atoms. The number of halogens is 2. The van der Waals surface area contributed by atoms with E-state index in [9.17, 15) is 10.1 Å². The van der Waals surface area contributed by atoms with Crippen LogP contribution in [-0.4, -0.2) is 10.8 Å². The van der Waals surface area contributed by atoms with Crippen LogP contribution in [0.15, 0.2) is 22.7 Å². The Morgan fingerprint density at radius 1 is 1.50 bits per heavy atom. The van der Waals surface area contributed by atoms with Crippen molar-refractivity contribution < 1.29 is 4.92 Å². The first kappa shape index (κ1) is 11.5. The Morgan fingerprint density at radius 2 is 2.21 bits per heavy atom. The van der Waals surface area contributed by atoms with Crippen LogP contribution in [0.3, 0.4) is 0 Å². The molecule has 0 aliphatic rings. The van der Waals surface area contributed by atoms with Crippen LogP contribution in [-0.2, 0) is 6.42 Å². The van der Waals surface area contributed by atoms with Crippen LogP contribution in [0.4, 0.5) is 5.69 Å². The zero-order chi connectivity index (χ0) is 10.6. The van der Waals surface area contributed by atoms with Gasteiger partial charge in [0.2, 0.25) is 0 Å². The summed E-state index contributed by atoms with van der Waals surface area (Å²) in [5, 5.41) is 10.6. The molecule has 5 heteroatoms. The summed E-state index contributed by atoms with van der Waals surface area (Å²) in [7, 11) is 0. The Hall–Kier alpha value is -0.610. The Kier molecular flexibility index (Phi) is 4.35. The lowest BCUT2D eigenvalue weighted by molar-refractivity contribution is -0.385. The van der Waals surface area contributed by atoms with E-state index in [0.717, 1.165) is 18.4 Å². The standard InChI is InChI=1S/C9H9BrClNO2/c10-9-7(4-2-6-11)3-1-5-8(9)12(13)14/h1,3,5H,2,4,6H2. The van der Waals surface area contributed by atoms with E-state index in [1.54, 1.807) is 6.07 Å². The number of aryl methyl sites for hydroxylation is 1. The van der Waals surface area contributed by atoms with Gasteiger partial charge in [0.25, 0.3) is 5.69 Å². The van der Waals surface area contributed by atoms with Crippen molar-refractivity contribution in [3.05, 3.63) is 38.3 Å². The molecule has 0 saturated heterocycles. The van der Waals surface area contributed by atoms with Gasteiger partial charge in [-0.3, -0.25) is 10.1 Å². The van der Waals surface area contributed by atoms with Gasteiger partial charge in [-0.15, -0.1) is 11.6 Å². The molecule has 0 aliphatic heterocycles. The number of alkyl halides is 1. The molecular weight excluding hydrogens is 269 g/mol. The average Bonchev–Trinajstić information content (AvgIpc) is 2.16. The fraction of sp³-hybridized carbons (Fsp3) is 0.333. The van der Waals surface area contributed by atoms with Gasteiger partial charge in [-0.25, -0.2) is 0 Å². The number of benzene rings is 1. The van der Waals surface area contributed by atoms with E-state index in [1.165, 1.54) is 6.07 Å². The molecule has 0 aromatic heterocycles. The van der Waals surface area contributed by atoms with Crippen molar-refractivity contribution in [1.82, 2.24) is 0 Å². The molecule has 76 valence electrons. The molecule has 1 aromatic rings. The van der Waals surface area contributed by atoms with E-state index in [-0.39, 0.29) is 5.69 Å². The van der Waals surface area contributed by atoms with Gasteiger partial charge >= 0.3 is 0 Å². The van der Waals surface area contributed by atoms with Crippen LogP contribution in [0.1, 0.15) is 12.0 Å². The smallest absolute Gasteiger partial charge is 0.258 e. The summed E-state index contributed by atoms with van der Waals surface area (Å²) < 4.78 is 0.565. The van der Waals surface area contributed by atoms with Crippen LogP contribution in [0.2, 0.25) is 0 Å². The lowest BCUT2D eigenvalue weighted by Gasteiger charge is -2.02. The van der Waals surface area contributed by atoms with Crippen molar-refractivity contribution in [3.8, 4) is 0 Å². The maximum Gasteiger partial charge on any atom is 0.283 e. The van der Waals surface area contributed by atoms with E-state index in [1.807, 2.05) is 6.07 Å². The highest BCUT2D eigenvalue weighted by Crippen LogP contribution is 2.28. The van der Waals surface area contributed by atoms with E-state index >= 15 is 0 Å². The summed E-state index contributed by atoms with van der Waals surface area (Å²) in [5.74, 6) is 0.565. The lowest BCUT2D eigenvalue weighted by Crippen LogP contribution is -1.94. The summed E-state index contributed by atoms with van der Waals surface area (Å²) in [6, 6.07) is 5.03. The molecule has 0 heterocycles. The molecule has 0 atom stereocenters. The monoisotopic (exact) mass is 277 g/mol. The maximum absolute atomic E-state index is 10.6. The predicted molar refractivity (Wildman–Crippen MR) is 59.8 cm³/mol. The van der Waals surface area contributed by atoms with Crippen molar-refractivity contribution in [1.29, 1.82) is 0 Å². The van der Waals surface area contributed by atoms with Crippen LogP contribution in [0, 0.1) is 10.1 Å². The first-order chi connectivity index (χ1) is 6.66. The second-order valence-corrected chi connectivity index (χ2v) is 3.97. The highest BCUT2D eigenvalue weighted by atomic mass is 79.9. The molecule has 0 fully saturated rings. The molecule has 0 N–H and O–H groups in total. The minimum Gasteiger partial charge on any atom is -0.258 e. The lowest BCUT2D eigenvalue weighted by atomic mass is 10.1. The summed E-state index contributed by atoms with van der Waals surface area (Å²) in [4.78, 5) is 10.2. The third-order valence-corrected chi connectivity index (χ3v) is 3.02. The highest BCUT2D eigenvalue weighted by molar-refractivity contribution is 9.10. The van der Waals surface area contributed by atoms with E-state index in [2.05, 4.69) is 15.9 Å². The van der Waals surface area contributed by atoms with Crippen LogP contribution in [0.25, 0.3) is 0 Å². The first-order valence-corrected chi connectivity index (χ1v) is 5.47. The summed E-state index contributed by atoms with van der Waals surface area (Å²) in [5.41, 5.74) is 1.04. The molecule has 1 aromatic carbocycles. The Labute approximate surface area is 95.4 Å². The van der Waals surface area contributed by atoms with Crippen LogP contribution in [0.5, 0.6) is 0 Å². The van der Waals surface area contributed by atoms with E-state index in [4.69, 9.17) is 11.6 Å². The van der Waals surface area contributed by atoms with E-state index in [0.29, 0.717) is 10.4 Å². The summed E-state index contributed by atoms with van der Waals surface area (Å²) in [6.45, 7) is 0. The minimum atomic E-state index is -0.395. The summed E-state index contributed by atoms with van der Waals surface area (Å²) in [6.07, 6.45) is 1.58. The SMILES string of the molecule is O=[N+]([O-])c1cccc(CCCCl)c1Br. The van der Waals surface area contributed by atoms with E-state index < -0.39 is 4.92 Å². The van der Waals surface area contributed by atoms with Crippen LogP contribution >= 0.6 is 27.5 Å². The molecular formula is C9H9BrClNO2. The molecule has 0 aliphatic carbocycles. The fourth-order valence-corrected chi connectivity index (χ4v) is 1.90. The predicted octanol–water partition coefficient (Wildman–Crippen LogP) is 3.53. The molecule has 1 rings (SSSR count). The van der Waals surface area contributed by atoms with Gasteiger partial charge in [0, 0.05) is 11.9 Å². The second-order valence-electron chi connectivity index (χ2n) is 2.80. The Bertz CT molecular complexity index is 344. The molecule has 0 amide bonds. The van der Waals surface area contributed by atoms with Crippen molar-refractivity contribution >= 4 is 33.2 Å². The first-order valence-electron chi connectivity index (χ1n) is 4.14. The Balaban J connectivity index is 2.95. The quantitative estimate of drug-likeness (QED) is 0.480. The number of hydrogen-bond acceptors (Lipinski definition) is 2.